The number of rotatable bonds is 0. The smallest absolute Gasteiger partial charge is 0.759 e. The first-order valence-electron chi connectivity index (χ1n) is 2.03. The molecule has 0 aliphatic carbocycles. The van der Waals surface area contributed by atoms with Crippen molar-refractivity contribution in [3.05, 3.63) is 0 Å². The molecule has 0 fully saturated rings. The Labute approximate surface area is 105 Å². The van der Waals surface area contributed by atoms with E-state index in [1.807, 2.05) is 0 Å². The fourth-order valence-electron chi connectivity index (χ4n) is 0. The van der Waals surface area contributed by atoms with Crippen LogP contribution in [0.2, 0.25) is 0 Å². The molecule has 0 saturated carbocycles. The van der Waals surface area contributed by atoms with E-state index in [4.69, 9.17) is 52.6 Å². The fourth-order valence-corrected chi connectivity index (χ4v) is 0. The first kappa shape index (κ1) is 25.2. The van der Waals surface area contributed by atoms with E-state index in [1.54, 1.807) is 0 Å². The van der Waals surface area contributed by atoms with Crippen molar-refractivity contribution in [3.8, 4) is 0 Å². The zero-order valence-corrected chi connectivity index (χ0v) is 10.7. The van der Waals surface area contributed by atoms with Crippen LogP contribution in [0.15, 0.2) is 0 Å². The molecule has 0 saturated heterocycles. The average molecular weight is 338 g/mol. The van der Waals surface area contributed by atoms with Crippen molar-refractivity contribution in [3.63, 3.8) is 0 Å². The molecule has 0 aliphatic heterocycles. The minimum absolute atomic E-state index is 0. The summed E-state index contributed by atoms with van der Waals surface area (Å²) in [6.07, 6.45) is 0. The van der Waals surface area contributed by atoms with E-state index in [0.717, 1.165) is 0 Å². The molecule has 0 rings (SSSR count). The molecule has 0 aromatic heterocycles. The van der Waals surface area contributed by atoms with Gasteiger partial charge in [0.1, 0.15) is 0 Å². The normalized spacial score (nSPS) is 10.9. The molecule has 96 valence electrons. The van der Waals surface area contributed by atoms with Gasteiger partial charge >= 0.3 is 32.1 Å². The van der Waals surface area contributed by atoms with Gasteiger partial charge in [-0.3, -0.25) is 25.9 Å². The van der Waals surface area contributed by atoms with Gasteiger partial charge in [0.15, 0.2) is 0 Å². The summed E-state index contributed by atoms with van der Waals surface area (Å²) in [6, 6.07) is 0. The Balaban J connectivity index is -0.0000000655. The second-order valence-electron chi connectivity index (χ2n) is 1.26. The van der Waals surface area contributed by atoms with E-state index in [9.17, 15) is 0 Å². The topological polar surface area (TPSA) is 235 Å². The van der Waals surface area contributed by atoms with Crippen molar-refractivity contribution in [2.24, 2.45) is 0 Å². The van der Waals surface area contributed by atoms with Crippen LogP contribution in [-0.4, -0.2) is 52.6 Å². The second-order valence-corrected chi connectivity index (χ2v) is 3.79. The molecule has 0 heterocycles. The van der Waals surface area contributed by atoms with Crippen LogP contribution in [0.25, 0.3) is 0 Å². The molecule has 0 bridgehead atoms. The van der Waals surface area contributed by atoms with Gasteiger partial charge in [-0.05, 0) is 0 Å². The van der Waals surface area contributed by atoms with Gasteiger partial charge in [-0.2, -0.15) is 8.42 Å². The van der Waals surface area contributed by atoms with Gasteiger partial charge in [-0.25, -0.2) is 0 Å². The van der Waals surface area contributed by atoms with Crippen LogP contribution in [0.4, 0.5) is 0 Å². The predicted molar refractivity (Wildman–Crippen MR) is 35.1 cm³/mol. The summed E-state index contributed by atoms with van der Waals surface area (Å²) in [5.74, 6) is 0. The van der Waals surface area contributed by atoms with E-state index in [1.165, 1.54) is 0 Å². The Bertz CT molecular complexity index is 337. The van der Waals surface area contributed by atoms with Crippen molar-refractivity contribution in [2.75, 3.05) is 0 Å². The van der Waals surface area contributed by atoms with E-state index >= 15 is 0 Å². The molecule has 0 atom stereocenters. The van der Waals surface area contributed by atoms with E-state index in [-0.39, 0.29) is 21.7 Å². The fraction of sp³-hybridized carbons (Fsp3) is 0. The molecule has 0 radical (unpaired) electrons. The van der Waals surface area contributed by atoms with Crippen molar-refractivity contribution in [1.29, 1.82) is 0 Å². The molecular weight excluding hydrogens is 336 g/mol. The molecule has 0 unspecified atom stereocenters. The maximum atomic E-state index is 8.74. The Morgan fingerprint density at radius 3 is 0.625 bits per heavy atom. The Hall–Kier alpha value is 0.324. The average Bonchev–Trinajstić information content (AvgIpc) is 1.41. The maximum absolute atomic E-state index is 8.74. The third kappa shape index (κ3) is 24200. The van der Waals surface area contributed by atoms with Gasteiger partial charge in [-0.1, -0.05) is 0 Å². The van der Waals surface area contributed by atoms with Crippen LogP contribution in [0.1, 0.15) is 0 Å². The largest absolute Gasteiger partial charge is 4.00 e. The molecule has 12 nitrogen and oxygen atoms in total. The summed E-state index contributed by atoms with van der Waals surface area (Å²) in [7, 11) is -15.0. The summed E-state index contributed by atoms with van der Waals surface area (Å²) < 4.78 is 99.7. The zero-order valence-electron chi connectivity index (χ0n) is 6.70. The van der Waals surface area contributed by atoms with Crippen molar-refractivity contribution >= 4 is 31.2 Å². The maximum Gasteiger partial charge on any atom is 4.00 e. The van der Waals surface area contributed by atoms with Crippen molar-refractivity contribution < 1.29 is 74.3 Å². The Morgan fingerprint density at radius 1 is 0.625 bits per heavy atom. The zero-order chi connectivity index (χ0) is 13.5. The Kier molecular flexibility index (Phi) is 14.8. The molecule has 16 heteroatoms. The number of hydrogen-bond acceptors (Lipinski definition) is 10. The van der Waals surface area contributed by atoms with Crippen LogP contribution in [0.5, 0.6) is 0 Å². The van der Waals surface area contributed by atoms with E-state index in [0.29, 0.717) is 0 Å². The van der Waals surface area contributed by atoms with Gasteiger partial charge < -0.3 is 18.2 Å². The summed E-state index contributed by atoms with van der Waals surface area (Å²) in [5.41, 5.74) is 0. The third-order valence-corrected chi connectivity index (χ3v) is 0. The van der Waals surface area contributed by atoms with Gasteiger partial charge in [0, 0.05) is 20.8 Å². The molecule has 16 heavy (non-hydrogen) atoms. The summed E-state index contributed by atoms with van der Waals surface area (Å²) in [4.78, 5) is 0. The van der Waals surface area contributed by atoms with Crippen LogP contribution in [-0.2, 0) is 52.9 Å². The summed E-state index contributed by atoms with van der Waals surface area (Å²) in [6.45, 7) is 0. The Morgan fingerprint density at radius 2 is 0.625 bits per heavy atom. The SMILES string of the molecule is O=S(=O)(O)O.O=S(=O)([O-])[O-].O=S(=O)([O-])[O-].[Ti+4]. The minimum Gasteiger partial charge on any atom is -0.759 e. The van der Waals surface area contributed by atoms with Crippen LogP contribution in [0.3, 0.4) is 0 Å². The summed E-state index contributed by atoms with van der Waals surface area (Å²) >= 11 is 0. The van der Waals surface area contributed by atoms with Crippen LogP contribution < -0.4 is 0 Å². The summed E-state index contributed by atoms with van der Waals surface area (Å²) in [5, 5.41) is 0. The second kappa shape index (κ2) is 9.36. The van der Waals surface area contributed by atoms with Crippen molar-refractivity contribution in [1.82, 2.24) is 0 Å². The molecule has 0 aromatic rings. The van der Waals surface area contributed by atoms with Gasteiger partial charge in [0.25, 0.3) is 0 Å². The quantitative estimate of drug-likeness (QED) is 0.250. The van der Waals surface area contributed by atoms with Gasteiger partial charge in [-0.15, -0.1) is 0 Å². The standard InChI is InChI=1S/3H2O4S.Ti/c3*1-5(2,3)4;/h3*(H2,1,2,3,4);/q;;;+4/p-4. The number of hydrogen-bond donors (Lipinski definition) is 2. The first-order valence-corrected chi connectivity index (χ1v) is 6.10. The monoisotopic (exact) mass is 338 g/mol. The third-order valence-electron chi connectivity index (χ3n) is 0. The molecule has 0 spiro atoms. The van der Waals surface area contributed by atoms with Gasteiger partial charge in [0.2, 0.25) is 0 Å². The van der Waals surface area contributed by atoms with Gasteiger partial charge in [0.05, 0.1) is 0 Å². The minimum atomic E-state index is -5.17. The van der Waals surface area contributed by atoms with Crippen LogP contribution >= 0.6 is 0 Å². The molecular formula is H2O12S3Ti. The molecule has 0 amide bonds. The van der Waals surface area contributed by atoms with E-state index in [2.05, 4.69) is 0 Å². The van der Waals surface area contributed by atoms with Crippen molar-refractivity contribution in [2.45, 2.75) is 0 Å². The molecule has 0 aromatic carbocycles. The molecule has 2 N–H and O–H groups in total. The van der Waals surface area contributed by atoms with Crippen LogP contribution in [0, 0.1) is 0 Å². The predicted octanol–water partition coefficient (Wildman–Crippen LogP) is -3.33. The first-order chi connectivity index (χ1) is 6.00. The van der Waals surface area contributed by atoms with E-state index < -0.39 is 31.2 Å². The molecule has 0 aliphatic rings.